The first-order valence-electron chi connectivity index (χ1n) is 11.4. The van der Waals surface area contributed by atoms with Crippen LogP contribution in [0.2, 0.25) is 5.02 Å². The molecule has 0 radical (unpaired) electrons. The van der Waals surface area contributed by atoms with Crippen LogP contribution < -0.4 is 5.43 Å². The van der Waals surface area contributed by atoms with Crippen molar-refractivity contribution in [2.75, 3.05) is 33.7 Å². The summed E-state index contributed by atoms with van der Waals surface area (Å²) in [5.74, 6) is 0. The topological polar surface area (TPSA) is 97.6 Å². The molecule has 8 nitrogen and oxygen atoms in total. The largest absolute Gasteiger partial charge is 0.390 e. The van der Waals surface area contributed by atoms with E-state index >= 15 is 0 Å². The Hall–Kier alpha value is -1.17. The van der Waals surface area contributed by atoms with E-state index in [0.717, 1.165) is 12.8 Å². The minimum atomic E-state index is -3.89. The van der Waals surface area contributed by atoms with Crippen LogP contribution in [0.1, 0.15) is 44.6 Å². The molecule has 0 amide bonds. The average molecular weight is 516 g/mol. The molecule has 0 saturated heterocycles. The van der Waals surface area contributed by atoms with Gasteiger partial charge in [-0.2, -0.15) is 9.41 Å². The maximum atomic E-state index is 13.3. The van der Waals surface area contributed by atoms with Crippen molar-refractivity contribution in [3.63, 3.8) is 0 Å². The number of hydrazone groups is 1. The van der Waals surface area contributed by atoms with Crippen molar-refractivity contribution < 1.29 is 13.5 Å². The molecule has 1 aliphatic carbocycles. The standard InChI is InChI=1S/C22H34ClN5O3S2/c1-4-28(15-17(29)14-27(2)3)33(30,31)19-12-8-11-18(21(19)23)22-26-25-20(32-22)13-24-16-9-6-5-7-10-16/h8,11-13,16-17,20,25,29H,4-7,9-10,14-15H2,1-3H3. The number of thioether (sulfide) groups is 1. The third-order valence-corrected chi connectivity index (χ3v) is 9.21. The number of hydrogen-bond donors (Lipinski definition) is 2. The second kappa shape index (κ2) is 12.0. The molecule has 1 aliphatic heterocycles. The van der Waals surface area contributed by atoms with Crippen molar-refractivity contribution in [2.24, 2.45) is 10.1 Å². The van der Waals surface area contributed by atoms with Crippen LogP contribution in [0.4, 0.5) is 0 Å². The quantitative estimate of drug-likeness (QED) is 0.465. The SMILES string of the molecule is CCN(CC(O)CN(C)C)S(=O)(=O)c1cccc(C2=NNC(C=NC3CCCCC3)S2)c1Cl. The van der Waals surface area contributed by atoms with Gasteiger partial charge in [-0.3, -0.25) is 10.4 Å². The van der Waals surface area contributed by atoms with E-state index in [0.29, 0.717) is 23.2 Å². The Morgan fingerprint density at radius 2 is 2.03 bits per heavy atom. The molecule has 1 aromatic carbocycles. The molecule has 33 heavy (non-hydrogen) atoms. The fourth-order valence-corrected chi connectivity index (χ4v) is 7.06. The van der Waals surface area contributed by atoms with E-state index in [2.05, 4.69) is 10.5 Å². The predicted molar refractivity (Wildman–Crippen MR) is 137 cm³/mol. The molecule has 2 aliphatic rings. The second-order valence-corrected chi connectivity index (χ2v) is 12.1. The summed E-state index contributed by atoms with van der Waals surface area (Å²) in [6.07, 6.45) is 7.10. The number of nitrogens with one attached hydrogen (secondary N) is 1. The van der Waals surface area contributed by atoms with Gasteiger partial charge in [0.15, 0.2) is 0 Å². The summed E-state index contributed by atoms with van der Waals surface area (Å²) in [6.45, 7) is 2.33. The number of likely N-dealkylation sites (N-methyl/N-ethyl adjacent to an activating group) is 2. The zero-order valence-electron chi connectivity index (χ0n) is 19.4. The van der Waals surface area contributed by atoms with E-state index in [9.17, 15) is 13.5 Å². The third-order valence-electron chi connectivity index (χ3n) is 5.69. The highest BCUT2D eigenvalue weighted by atomic mass is 35.5. The number of benzene rings is 1. The number of halogens is 1. The van der Waals surface area contributed by atoms with Gasteiger partial charge in [-0.25, -0.2) is 8.42 Å². The molecule has 0 aromatic heterocycles. The molecule has 2 unspecified atom stereocenters. The summed E-state index contributed by atoms with van der Waals surface area (Å²) >= 11 is 8.08. The van der Waals surface area contributed by atoms with Gasteiger partial charge in [-0.05, 0) is 33.0 Å². The Morgan fingerprint density at radius 1 is 1.30 bits per heavy atom. The molecule has 0 spiro atoms. The van der Waals surface area contributed by atoms with Crippen LogP contribution in [-0.4, -0.2) is 85.2 Å². The number of aliphatic hydroxyl groups excluding tert-OH is 1. The van der Waals surface area contributed by atoms with Gasteiger partial charge in [-0.1, -0.05) is 61.7 Å². The fraction of sp³-hybridized carbons (Fsp3) is 0.636. The highest BCUT2D eigenvalue weighted by Crippen LogP contribution is 2.33. The highest BCUT2D eigenvalue weighted by molar-refractivity contribution is 8.15. The lowest BCUT2D eigenvalue weighted by molar-refractivity contribution is 0.115. The average Bonchev–Trinajstić information content (AvgIpc) is 3.25. The van der Waals surface area contributed by atoms with Crippen molar-refractivity contribution in [1.29, 1.82) is 0 Å². The first kappa shape index (κ1) is 26.4. The monoisotopic (exact) mass is 515 g/mol. The normalized spacial score (nSPS) is 21.1. The van der Waals surface area contributed by atoms with Gasteiger partial charge in [0.1, 0.15) is 15.3 Å². The van der Waals surface area contributed by atoms with E-state index in [-0.39, 0.29) is 28.4 Å². The lowest BCUT2D eigenvalue weighted by atomic mass is 9.96. The van der Waals surface area contributed by atoms with Gasteiger partial charge in [0.25, 0.3) is 0 Å². The van der Waals surface area contributed by atoms with Crippen molar-refractivity contribution in [1.82, 2.24) is 14.6 Å². The summed E-state index contributed by atoms with van der Waals surface area (Å²) in [6, 6.07) is 5.32. The van der Waals surface area contributed by atoms with Crippen LogP contribution in [0.25, 0.3) is 0 Å². The van der Waals surface area contributed by atoms with Crippen molar-refractivity contribution in [2.45, 2.75) is 61.4 Å². The fourth-order valence-electron chi connectivity index (χ4n) is 4.04. The van der Waals surface area contributed by atoms with Gasteiger partial charge >= 0.3 is 0 Å². The van der Waals surface area contributed by atoms with E-state index in [1.807, 2.05) is 25.2 Å². The van der Waals surface area contributed by atoms with Crippen LogP contribution in [0.15, 0.2) is 33.2 Å². The van der Waals surface area contributed by atoms with Gasteiger partial charge in [0.05, 0.1) is 11.1 Å². The number of aliphatic imine (C=N–C) groups is 1. The maximum absolute atomic E-state index is 13.3. The van der Waals surface area contributed by atoms with Crippen LogP contribution in [0.3, 0.4) is 0 Å². The van der Waals surface area contributed by atoms with E-state index in [1.54, 1.807) is 19.1 Å². The van der Waals surface area contributed by atoms with Crippen LogP contribution in [0, 0.1) is 0 Å². The molecule has 1 aromatic rings. The summed E-state index contributed by atoms with van der Waals surface area (Å²) in [5.41, 5.74) is 3.62. The molecule has 1 fully saturated rings. The predicted octanol–water partition coefficient (Wildman–Crippen LogP) is 3.00. The molecular weight excluding hydrogens is 482 g/mol. The molecule has 0 bridgehead atoms. The van der Waals surface area contributed by atoms with Crippen molar-refractivity contribution in [3.05, 3.63) is 28.8 Å². The van der Waals surface area contributed by atoms with Gasteiger partial charge in [0, 0.05) is 37.5 Å². The molecular formula is C22H34ClN5O3S2. The number of hydrogen-bond acceptors (Lipinski definition) is 8. The Morgan fingerprint density at radius 3 is 2.70 bits per heavy atom. The van der Waals surface area contributed by atoms with E-state index in [1.165, 1.54) is 41.4 Å². The number of rotatable bonds is 10. The summed E-state index contributed by atoms with van der Waals surface area (Å²) in [4.78, 5) is 6.54. The molecule has 11 heteroatoms. The van der Waals surface area contributed by atoms with E-state index in [4.69, 9.17) is 16.6 Å². The van der Waals surface area contributed by atoms with Crippen molar-refractivity contribution >= 4 is 44.6 Å². The van der Waals surface area contributed by atoms with Crippen LogP contribution in [0.5, 0.6) is 0 Å². The Labute approximate surface area is 206 Å². The first-order chi connectivity index (χ1) is 15.7. The highest BCUT2D eigenvalue weighted by Gasteiger charge is 2.30. The van der Waals surface area contributed by atoms with Crippen molar-refractivity contribution in [3.8, 4) is 0 Å². The Balaban J connectivity index is 1.73. The summed E-state index contributed by atoms with van der Waals surface area (Å²) in [5, 5.41) is 15.3. The number of aliphatic hydroxyl groups is 1. The van der Waals surface area contributed by atoms with Gasteiger partial charge < -0.3 is 10.0 Å². The zero-order chi connectivity index (χ0) is 24.0. The van der Waals surface area contributed by atoms with Crippen LogP contribution >= 0.6 is 23.4 Å². The number of sulfonamides is 1. The minimum absolute atomic E-state index is 0.00543. The molecule has 3 rings (SSSR count). The van der Waals surface area contributed by atoms with Gasteiger partial charge in [-0.15, -0.1) is 0 Å². The smallest absolute Gasteiger partial charge is 0.244 e. The Kier molecular flexibility index (Phi) is 9.61. The molecule has 184 valence electrons. The molecule has 1 saturated carbocycles. The summed E-state index contributed by atoms with van der Waals surface area (Å²) < 4.78 is 28.0. The lowest BCUT2D eigenvalue weighted by Gasteiger charge is -2.25. The zero-order valence-corrected chi connectivity index (χ0v) is 21.8. The number of nitrogens with zero attached hydrogens (tertiary/aromatic N) is 4. The molecule has 1 heterocycles. The Bertz CT molecular complexity index is 965. The van der Waals surface area contributed by atoms with Gasteiger partial charge in [0.2, 0.25) is 10.0 Å². The third kappa shape index (κ3) is 6.93. The molecule has 2 N–H and O–H groups in total. The first-order valence-corrected chi connectivity index (χ1v) is 14.1. The van der Waals surface area contributed by atoms with Crippen LogP contribution in [-0.2, 0) is 10.0 Å². The summed E-state index contributed by atoms with van der Waals surface area (Å²) in [7, 11) is -0.233. The maximum Gasteiger partial charge on any atom is 0.244 e. The second-order valence-electron chi connectivity index (χ2n) is 8.66. The minimum Gasteiger partial charge on any atom is -0.390 e. The molecule has 2 atom stereocenters. The van der Waals surface area contributed by atoms with E-state index < -0.39 is 16.1 Å². The lowest BCUT2D eigenvalue weighted by Crippen LogP contribution is -2.41.